The van der Waals surface area contributed by atoms with E-state index in [1.54, 1.807) is 39.0 Å². The van der Waals surface area contributed by atoms with E-state index in [-0.39, 0.29) is 31.6 Å². The minimum Gasteiger partial charge on any atom is -0.481 e. The van der Waals surface area contributed by atoms with Gasteiger partial charge in [-0.25, -0.2) is 0 Å². The zero-order valence-electron chi connectivity index (χ0n) is 38.4. The van der Waals surface area contributed by atoms with Crippen LogP contribution in [0.1, 0.15) is 92.9 Å². The number of carboxylic acids is 1. The smallest absolute Gasteiger partial charge is 0.311 e. The van der Waals surface area contributed by atoms with Crippen molar-refractivity contribution < 1.29 is 84.7 Å². The summed E-state index contributed by atoms with van der Waals surface area (Å²) in [5, 5.41) is 117. The highest BCUT2D eigenvalue weighted by Crippen LogP contribution is 2.38. The molecule has 19 unspecified atom stereocenters. The van der Waals surface area contributed by atoms with Crippen LogP contribution in [-0.4, -0.2) is 166 Å². The highest BCUT2D eigenvalue weighted by molar-refractivity contribution is 5.71. The van der Waals surface area contributed by atoms with Crippen molar-refractivity contribution >= 4 is 11.9 Å². The molecule has 2 saturated heterocycles. The lowest BCUT2D eigenvalue weighted by atomic mass is 9.82. The number of hydrogen-bond donors (Lipinski definition) is 12. The van der Waals surface area contributed by atoms with E-state index >= 15 is 0 Å². The standard InChI is InChI=1S/C47H77NO17/c1-7-9-11-12-13-14-16-17-27(3)42(56)28(4)29(5)62-39(55)23-32(50)21-31(49)19-20-35(52)36(53)22-33(51)25-47(61)26-37(54)40(45(59)60)38(65-47)24-34(18-15-10-8-2)64-46-44(58)41(48)43(57)30(6)63-46/h7-18,27-38,40-44,46,49-54,56-58,61H,19-26,48H2,1-6H3,(H,59,60)/b9-7+,10-8+,12-11+,14-13+,17-16+,18-15+. The van der Waals surface area contributed by atoms with Crippen molar-refractivity contribution in [3.63, 3.8) is 0 Å². The molecular weight excluding hydrogens is 851 g/mol. The molecule has 2 aliphatic heterocycles. The van der Waals surface area contributed by atoms with Gasteiger partial charge in [-0.15, -0.1) is 0 Å². The number of aliphatic hydroxyl groups excluding tert-OH is 9. The minimum atomic E-state index is -2.31. The molecule has 0 aromatic carbocycles. The quantitative estimate of drug-likeness (QED) is 0.0407. The second-order valence-corrected chi connectivity index (χ2v) is 17.5. The number of carbonyl (C=O) groups is 2. The van der Waals surface area contributed by atoms with Crippen molar-refractivity contribution in [3.8, 4) is 0 Å². The maximum atomic E-state index is 12.6. The van der Waals surface area contributed by atoms with Crippen molar-refractivity contribution in [2.24, 2.45) is 23.5 Å². The molecular formula is C47H77NO17. The van der Waals surface area contributed by atoms with Gasteiger partial charge in [-0.05, 0) is 47.0 Å². The zero-order valence-corrected chi connectivity index (χ0v) is 38.4. The Kier molecular flexibility index (Phi) is 25.7. The summed E-state index contributed by atoms with van der Waals surface area (Å²) >= 11 is 0. The molecule has 2 heterocycles. The topological polar surface area (TPSA) is 320 Å². The number of rotatable bonds is 27. The number of aliphatic carboxylic acids is 1. The van der Waals surface area contributed by atoms with Crippen LogP contribution in [0.25, 0.3) is 0 Å². The van der Waals surface area contributed by atoms with Crippen molar-refractivity contribution in [1.82, 2.24) is 0 Å². The fourth-order valence-corrected chi connectivity index (χ4v) is 7.81. The predicted molar refractivity (Wildman–Crippen MR) is 239 cm³/mol. The number of aliphatic hydroxyl groups is 10. The Hall–Kier alpha value is -3.18. The van der Waals surface area contributed by atoms with E-state index in [0.29, 0.717) is 0 Å². The molecule has 13 N–H and O–H groups in total. The summed E-state index contributed by atoms with van der Waals surface area (Å²) in [7, 11) is 0. The summed E-state index contributed by atoms with van der Waals surface area (Å²) in [4.78, 5) is 24.9. The molecule has 19 atom stereocenters. The van der Waals surface area contributed by atoms with Crippen molar-refractivity contribution in [2.75, 3.05) is 0 Å². The maximum Gasteiger partial charge on any atom is 0.311 e. The largest absolute Gasteiger partial charge is 0.481 e. The van der Waals surface area contributed by atoms with Crippen LogP contribution >= 0.6 is 0 Å². The number of carboxylic acid groups (broad SMARTS) is 1. The van der Waals surface area contributed by atoms with Gasteiger partial charge in [0.1, 0.15) is 18.1 Å². The lowest BCUT2D eigenvalue weighted by molar-refractivity contribution is -0.308. The zero-order chi connectivity index (χ0) is 49.0. The molecule has 0 amide bonds. The first kappa shape index (κ1) is 57.9. The number of allylic oxidation sites excluding steroid dienone is 10. The molecule has 0 radical (unpaired) electrons. The number of carbonyl (C=O) groups excluding carboxylic acids is 1. The fraction of sp³-hybridized carbons (Fsp3) is 0.702. The molecule has 372 valence electrons. The van der Waals surface area contributed by atoms with Gasteiger partial charge >= 0.3 is 11.9 Å². The van der Waals surface area contributed by atoms with Crippen LogP contribution in [-0.2, 0) is 28.5 Å². The van der Waals surface area contributed by atoms with Crippen LogP contribution in [0, 0.1) is 17.8 Å². The second-order valence-electron chi connectivity index (χ2n) is 17.5. The van der Waals surface area contributed by atoms with E-state index in [2.05, 4.69) is 0 Å². The molecule has 0 aliphatic carbocycles. The average molecular weight is 928 g/mol. The molecule has 2 fully saturated rings. The number of esters is 1. The van der Waals surface area contributed by atoms with E-state index in [1.807, 2.05) is 62.5 Å². The van der Waals surface area contributed by atoms with Crippen LogP contribution in [0.4, 0.5) is 0 Å². The van der Waals surface area contributed by atoms with Crippen LogP contribution in [0.2, 0.25) is 0 Å². The predicted octanol–water partition coefficient (Wildman–Crippen LogP) is 1.18. The van der Waals surface area contributed by atoms with Gasteiger partial charge in [-0.3, -0.25) is 9.59 Å². The summed E-state index contributed by atoms with van der Waals surface area (Å²) in [5.41, 5.74) is 5.95. The van der Waals surface area contributed by atoms with Gasteiger partial charge in [-0.2, -0.15) is 0 Å². The minimum absolute atomic E-state index is 0.107. The molecule has 0 aromatic heterocycles. The van der Waals surface area contributed by atoms with Crippen LogP contribution < -0.4 is 5.73 Å². The third-order valence-electron chi connectivity index (χ3n) is 11.9. The Morgan fingerprint density at radius 1 is 0.800 bits per heavy atom. The first-order valence-electron chi connectivity index (χ1n) is 22.5. The Morgan fingerprint density at radius 3 is 2.03 bits per heavy atom. The first-order chi connectivity index (χ1) is 30.5. The molecule has 0 bridgehead atoms. The third kappa shape index (κ3) is 19.9. The van der Waals surface area contributed by atoms with Gasteiger partial charge < -0.3 is 80.9 Å². The van der Waals surface area contributed by atoms with Crippen molar-refractivity contribution in [3.05, 3.63) is 72.9 Å². The highest BCUT2D eigenvalue weighted by Gasteiger charge is 2.51. The number of nitrogens with two attached hydrogens (primary N) is 1. The number of hydrogen-bond acceptors (Lipinski definition) is 17. The monoisotopic (exact) mass is 928 g/mol. The van der Waals surface area contributed by atoms with Gasteiger partial charge in [-0.1, -0.05) is 86.8 Å². The van der Waals surface area contributed by atoms with Gasteiger partial charge in [0.05, 0.1) is 79.6 Å². The van der Waals surface area contributed by atoms with Crippen molar-refractivity contribution in [1.29, 1.82) is 0 Å². The Balaban J connectivity index is 1.92. The molecule has 0 spiro atoms. The SMILES string of the molecule is C/C=C/C=C/C=C/C=C/C(C)C(O)C(C)C(C)OC(=O)CC(O)CC(O)CCC(O)C(O)CC(O)CC1(O)CC(O)C(C(=O)O)C(CC(/C=C/C=C/C)OC2OC(C)C(O)C(N)C2O)O1. The summed E-state index contributed by atoms with van der Waals surface area (Å²) in [5.74, 6) is -6.72. The summed E-state index contributed by atoms with van der Waals surface area (Å²) < 4.78 is 22.9. The second kappa shape index (κ2) is 28.9. The summed E-state index contributed by atoms with van der Waals surface area (Å²) in [6.07, 6.45) is 0.812. The van der Waals surface area contributed by atoms with Gasteiger partial charge in [0, 0.05) is 37.5 Å². The van der Waals surface area contributed by atoms with E-state index in [1.165, 1.54) is 13.0 Å². The molecule has 18 nitrogen and oxygen atoms in total. The van der Waals surface area contributed by atoms with Crippen LogP contribution in [0.15, 0.2) is 72.9 Å². The normalized spacial score (nSPS) is 31.6. The first-order valence-corrected chi connectivity index (χ1v) is 22.5. The molecule has 18 heteroatoms. The van der Waals surface area contributed by atoms with Gasteiger partial charge in [0.25, 0.3) is 0 Å². The Morgan fingerprint density at radius 2 is 1.40 bits per heavy atom. The van der Waals surface area contributed by atoms with Crippen LogP contribution in [0.3, 0.4) is 0 Å². The third-order valence-corrected chi connectivity index (χ3v) is 11.9. The molecule has 2 aliphatic rings. The van der Waals surface area contributed by atoms with E-state index in [0.717, 1.165) is 0 Å². The molecule has 0 saturated carbocycles. The van der Waals surface area contributed by atoms with Crippen LogP contribution in [0.5, 0.6) is 0 Å². The molecule has 2 rings (SSSR count). The number of ether oxygens (including phenoxy) is 4. The fourth-order valence-electron chi connectivity index (χ4n) is 7.81. The molecule has 0 aromatic rings. The van der Waals surface area contributed by atoms with Gasteiger partial charge in [0.15, 0.2) is 12.1 Å². The average Bonchev–Trinajstić information content (AvgIpc) is 3.22. The summed E-state index contributed by atoms with van der Waals surface area (Å²) in [6.45, 7) is 10.4. The Bertz CT molecular complexity index is 1590. The molecule has 65 heavy (non-hydrogen) atoms. The van der Waals surface area contributed by atoms with E-state index in [9.17, 15) is 65.8 Å². The summed E-state index contributed by atoms with van der Waals surface area (Å²) in [6, 6.07) is -1.12. The lowest BCUT2D eigenvalue weighted by Gasteiger charge is -2.45. The lowest BCUT2D eigenvalue weighted by Crippen LogP contribution is -2.61. The van der Waals surface area contributed by atoms with Gasteiger partial charge in [0.2, 0.25) is 0 Å². The highest BCUT2D eigenvalue weighted by atomic mass is 16.7. The van der Waals surface area contributed by atoms with E-state index < -0.39 is 147 Å². The van der Waals surface area contributed by atoms with Crippen molar-refractivity contribution in [2.45, 2.75) is 190 Å². The maximum absolute atomic E-state index is 12.6. The van der Waals surface area contributed by atoms with E-state index in [4.69, 9.17) is 24.7 Å². The Labute approximate surface area is 382 Å².